The van der Waals surface area contributed by atoms with Crippen LogP contribution in [0.25, 0.3) is 0 Å². The molecule has 0 aliphatic heterocycles. The molecule has 8 atom stereocenters. The van der Waals surface area contributed by atoms with Gasteiger partial charge in [0.1, 0.15) is 24.9 Å². The molecule has 0 bridgehead atoms. The lowest BCUT2D eigenvalue weighted by Crippen LogP contribution is -2.66. The van der Waals surface area contributed by atoms with Crippen molar-refractivity contribution in [2.45, 2.75) is 109 Å². The molecule has 0 saturated heterocycles. The van der Waals surface area contributed by atoms with Crippen molar-refractivity contribution in [3.05, 3.63) is 60.7 Å². The fourth-order valence-corrected chi connectivity index (χ4v) is 16.4. The Morgan fingerprint density at radius 1 is 0.719 bits per heavy atom. The van der Waals surface area contributed by atoms with Gasteiger partial charge in [-0.1, -0.05) is 95.3 Å². The molecule has 2 aromatic rings. The second-order valence-electron chi connectivity index (χ2n) is 18.6. The summed E-state index contributed by atoms with van der Waals surface area (Å²) in [6.45, 7) is 13.8. The normalized spacial score (nSPS) is 31.2. The van der Waals surface area contributed by atoms with Crippen LogP contribution in [0, 0.1) is 34.5 Å². The first kappa shape index (κ1) is 43.9. The van der Waals surface area contributed by atoms with Gasteiger partial charge in [0, 0.05) is 5.41 Å². The summed E-state index contributed by atoms with van der Waals surface area (Å²) in [4.78, 5) is 25.3. The topological polar surface area (TPSA) is 130 Å². The number of benzene rings is 2. The van der Waals surface area contributed by atoms with Crippen LogP contribution in [0.15, 0.2) is 60.7 Å². The Morgan fingerprint density at radius 2 is 1.28 bits per heavy atom. The molecule has 316 valence electrons. The van der Waals surface area contributed by atoms with E-state index in [1.165, 1.54) is 10.4 Å². The molecule has 0 aromatic heterocycles. The van der Waals surface area contributed by atoms with Crippen molar-refractivity contribution < 1.29 is 47.9 Å². The Kier molecular flexibility index (Phi) is 14.4. The molecule has 4 aliphatic rings. The van der Waals surface area contributed by atoms with Gasteiger partial charge < -0.3 is 38.3 Å². The minimum atomic E-state index is -2.58. The molecule has 0 unspecified atom stereocenters. The number of carbonyl (C=O) groups excluding carboxylic acids is 2. The maximum absolute atomic E-state index is 12.7. The molecule has 4 fully saturated rings. The van der Waals surface area contributed by atoms with Crippen molar-refractivity contribution in [1.29, 1.82) is 0 Å². The van der Waals surface area contributed by atoms with E-state index in [0.717, 1.165) is 51.4 Å². The van der Waals surface area contributed by atoms with Crippen molar-refractivity contribution in [3.63, 3.8) is 0 Å². The second-order valence-corrected chi connectivity index (χ2v) is 22.9. The minimum absolute atomic E-state index is 0.0813. The van der Waals surface area contributed by atoms with Gasteiger partial charge in [0.15, 0.2) is 5.78 Å². The van der Waals surface area contributed by atoms with E-state index in [9.17, 15) is 19.8 Å². The van der Waals surface area contributed by atoms with Crippen molar-refractivity contribution in [2.24, 2.45) is 34.5 Å². The van der Waals surface area contributed by atoms with E-state index in [2.05, 4.69) is 83.1 Å². The highest BCUT2D eigenvalue weighted by Gasteiger charge is 2.66. The van der Waals surface area contributed by atoms with Gasteiger partial charge in [-0.3, -0.25) is 4.79 Å². The SMILES string of the molecule is CC(C)(C)[Si](OCCOCCOCCOCCOC(=O)O[C@@H]1CC[C@@]2(C)[C@H](CC[C@@H]3[C@@H]2CC[C@@]2(C)[C@H]3CC[C@]2(O)C(=O)CO)C1)(c1ccccc1)c1ccccc1. The van der Waals surface area contributed by atoms with E-state index in [-0.39, 0.29) is 29.8 Å². The summed E-state index contributed by atoms with van der Waals surface area (Å²) in [6.07, 6.45) is 7.06. The summed E-state index contributed by atoms with van der Waals surface area (Å²) < 4.78 is 35.2. The van der Waals surface area contributed by atoms with Crippen LogP contribution in [0.1, 0.15) is 92.4 Å². The summed E-state index contributed by atoms with van der Waals surface area (Å²) in [5.74, 6) is 1.34. The van der Waals surface area contributed by atoms with Crippen LogP contribution in [0.5, 0.6) is 0 Å². The predicted molar refractivity (Wildman–Crippen MR) is 221 cm³/mol. The summed E-state index contributed by atoms with van der Waals surface area (Å²) in [7, 11) is -2.58. The average Bonchev–Trinajstić information content (AvgIpc) is 3.48. The van der Waals surface area contributed by atoms with Crippen LogP contribution in [-0.4, -0.2) is 102 Å². The molecule has 0 amide bonds. The van der Waals surface area contributed by atoms with Gasteiger partial charge in [-0.15, -0.1) is 0 Å². The van der Waals surface area contributed by atoms with Crippen molar-refractivity contribution in [2.75, 3.05) is 59.5 Å². The molecule has 2 aromatic carbocycles. The van der Waals surface area contributed by atoms with E-state index in [1.54, 1.807) is 0 Å². The number of ketones is 1. The quantitative estimate of drug-likeness (QED) is 0.0983. The summed E-state index contributed by atoms with van der Waals surface area (Å²) in [5, 5.41) is 23.5. The van der Waals surface area contributed by atoms with E-state index in [1.807, 2.05) is 12.1 Å². The van der Waals surface area contributed by atoms with Crippen LogP contribution in [0.4, 0.5) is 4.79 Å². The number of ether oxygens (including phenoxy) is 5. The number of hydrogen-bond acceptors (Lipinski definition) is 10. The molecule has 0 heterocycles. The Balaban J connectivity index is 0.825. The summed E-state index contributed by atoms with van der Waals surface area (Å²) in [5.41, 5.74) is -1.74. The van der Waals surface area contributed by atoms with Gasteiger partial charge in [0.25, 0.3) is 8.32 Å². The van der Waals surface area contributed by atoms with Crippen molar-refractivity contribution >= 4 is 30.6 Å². The fraction of sp³-hybridized carbons (Fsp3) is 0.696. The van der Waals surface area contributed by atoms with Gasteiger partial charge in [-0.05, 0) is 102 Å². The van der Waals surface area contributed by atoms with E-state index < -0.39 is 37.9 Å². The smallest absolute Gasteiger partial charge is 0.432 e. The maximum atomic E-state index is 12.7. The Hall–Kier alpha value is -2.64. The lowest BCUT2D eigenvalue weighted by Gasteiger charge is -2.61. The fourth-order valence-electron chi connectivity index (χ4n) is 11.8. The molecular weight excluding hydrogens is 741 g/mol. The zero-order chi connectivity index (χ0) is 40.7. The first-order chi connectivity index (χ1) is 27.3. The third kappa shape index (κ3) is 8.96. The first-order valence-electron chi connectivity index (χ1n) is 21.5. The number of aliphatic hydroxyl groups excluding tert-OH is 1. The minimum Gasteiger partial charge on any atom is -0.432 e. The Labute approximate surface area is 341 Å². The summed E-state index contributed by atoms with van der Waals surface area (Å²) >= 11 is 0. The number of hydrogen-bond donors (Lipinski definition) is 2. The number of aliphatic hydroxyl groups is 2. The first-order valence-corrected chi connectivity index (χ1v) is 23.4. The number of rotatable bonds is 18. The summed E-state index contributed by atoms with van der Waals surface area (Å²) in [6, 6.07) is 21.2. The molecule has 4 saturated carbocycles. The maximum Gasteiger partial charge on any atom is 0.508 e. The highest BCUT2D eigenvalue weighted by atomic mass is 28.4. The van der Waals surface area contributed by atoms with E-state index in [0.29, 0.717) is 69.7 Å². The highest BCUT2D eigenvalue weighted by molar-refractivity contribution is 6.99. The molecule has 2 N–H and O–H groups in total. The number of carbonyl (C=O) groups is 2. The standard InChI is InChI=1S/C46H68O10Si/c1-43(2,3)57(36-12-8-6-9-13-36,37-14-10-7-11-15-37)55-31-29-53-27-25-51-24-26-52-28-30-54-42(49)56-35-18-21-44(4)34(32-35)16-17-38-39(44)19-22-45(5)40(38)20-23-46(45,50)41(48)33-47/h6-15,34-35,38-40,47,50H,16-33H2,1-5H3/t34-,35-,38-,39+,40+,44+,45+,46+/m1/s1. The number of fused-ring (bicyclic) bond motifs is 5. The number of Topliss-reactive ketones (excluding diaryl/α,β-unsaturated/α-hetero) is 1. The molecule has 11 heteroatoms. The van der Waals surface area contributed by atoms with E-state index in [4.69, 9.17) is 28.1 Å². The van der Waals surface area contributed by atoms with Gasteiger partial charge in [-0.2, -0.15) is 0 Å². The van der Waals surface area contributed by atoms with Gasteiger partial charge in [-0.25, -0.2) is 4.79 Å². The lowest BCUT2D eigenvalue weighted by molar-refractivity contribution is -0.174. The largest absolute Gasteiger partial charge is 0.508 e. The molecule has 57 heavy (non-hydrogen) atoms. The van der Waals surface area contributed by atoms with Crippen LogP contribution >= 0.6 is 0 Å². The molecule has 4 aliphatic carbocycles. The molecule has 0 spiro atoms. The predicted octanol–water partition coefficient (Wildman–Crippen LogP) is 6.47. The Morgan fingerprint density at radius 3 is 1.86 bits per heavy atom. The monoisotopic (exact) mass is 808 g/mol. The van der Waals surface area contributed by atoms with Crippen LogP contribution in [-0.2, 0) is 32.9 Å². The zero-order valence-corrected chi connectivity index (χ0v) is 36.0. The van der Waals surface area contributed by atoms with Crippen molar-refractivity contribution in [3.8, 4) is 0 Å². The Bertz CT molecular complexity index is 1560. The third-order valence-electron chi connectivity index (χ3n) is 14.8. The zero-order valence-electron chi connectivity index (χ0n) is 35.0. The molecule has 6 rings (SSSR count). The molecule has 0 radical (unpaired) electrons. The van der Waals surface area contributed by atoms with Gasteiger partial charge in [0.2, 0.25) is 0 Å². The highest BCUT2D eigenvalue weighted by Crippen LogP contribution is 2.68. The van der Waals surface area contributed by atoms with Gasteiger partial charge in [0.05, 0.1) is 46.2 Å². The second kappa shape index (κ2) is 18.7. The van der Waals surface area contributed by atoms with Crippen LogP contribution in [0.2, 0.25) is 5.04 Å². The van der Waals surface area contributed by atoms with Crippen LogP contribution in [0.3, 0.4) is 0 Å². The van der Waals surface area contributed by atoms with E-state index >= 15 is 0 Å². The van der Waals surface area contributed by atoms with Crippen molar-refractivity contribution in [1.82, 2.24) is 0 Å². The average molecular weight is 809 g/mol. The van der Waals surface area contributed by atoms with Gasteiger partial charge >= 0.3 is 6.16 Å². The molecular formula is C46H68O10Si. The lowest BCUT2D eigenvalue weighted by atomic mass is 9.44. The third-order valence-corrected chi connectivity index (χ3v) is 19.8. The van der Waals surface area contributed by atoms with Crippen LogP contribution < -0.4 is 10.4 Å². The molecule has 10 nitrogen and oxygen atoms in total.